The second kappa shape index (κ2) is 13.5. The Morgan fingerprint density at radius 1 is 1.34 bits per heavy atom. The van der Waals surface area contributed by atoms with Gasteiger partial charge in [0.25, 0.3) is 11.8 Å². The van der Waals surface area contributed by atoms with Gasteiger partial charge in [0.2, 0.25) is 5.43 Å². The molecule has 0 unspecified atom stereocenters. The number of rotatable bonds is 12. The van der Waals surface area contributed by atoms with Crippen LogP contribution in [0.4, 0.5) is 5.13 Å². The van der Waals surface area contributed by atoms with Crippen LogP contribution >= 0.6 is 34.9 Å². The number of carboxylic acid groups (broad SMARTS) is 1. The number of nitrogens with two attached hydrogens (primary N) is 1. The van der Waals surface area contributed by atoms with Crippen molar-refractivity contribution in [3.05, 3.63) is 75.1 Å². The van der Waals surface area contributed by atoms with E-state index in [0.717, 1.165) is 33.4 Å². The molecule has 5 heterocycles. The molecule has 3 aromatic heterocycles. The molecule has 0 bridgehead atoms. The third kappa shape index (κ3) is 6.72. The number of fused-ring (bicyclic) bond motifs is 1. The Hall–Kier alpha value is -4.39. The van der Waals surface area contributed by atoms with Crippen LogP contribution in [0.5, 0.6) is 5.75 Å². The van der Waals surface area contributed by atoms with Gasteiger partial charge in [-0.05, 0) is 5.57 Å². The number of carbonyl (C=O) groups is 3. The van der Waals surface area contributed by atoms with Crippen LogP contribution in [-0.4, -0.2) is 78.1 Å². The summed E-state index contributed by atoms with van der Waals surface area (Å²) in [4.78, 5) is 64.2. The lowest BCUT2D eigenvalue weighted by Crippen LogP contribution is -2.71. The lowest BCUT2D eigenvalue weighted by atomic mass is 10.0. The van der Waals surface area contributed by atoms with E-state index in [-0.39, 0.29) is 41.1 Å². The molecule has 2 amide bonds. The number of thiazole rings is 1. The molecule has 230 valence electrons. The van der Waals surface area contributed by atoms with E-state index in [1.54, 1.807) is 12.4 Å². The number of aliphatic hydroxyl groups is 1. The minimum Gasteiger partial charge on any atom is -0.543 e. The van der Waals surface area contributed by atoms with Crippen molar-refractivity contribution in [2.24, 2.45) is 5.16 Å². The van der Waals surface area contributed by atoms with E-state index in [1.165, 1.54) is 28.9 Å². The first-order chi connectivity index (χ1) is 21.2. The molecule has 6 N–H and O–H groups in total. The van der Waals surface area contributed by atoms with E-state index in [9.17, 15) is 29.4 Å². The normalized spacial score (nSPS) is 18.1. The molecule has 18 heteroatoms. The van der Waals surface area contributed by atoms with E-state index >= 15 is 0 Å². The Morgan fingerprint density at radius 2 is 2.11 bits per heavy atom. The van der Waals surface area contributed by atoms with Crippen LogP contribution in [0.3, 0.4) is 0 Å². The van der Waals surface area contributed by atoms with Crippen molar-refractivity contribution in [2.45, 2.75) is 29.5 Å². The highest BCUT2D eigenvalue weighted by molar-refractivity contribution is 8.01. The summed E-state index contributed by atoms with van der Waals surface area (Å²) in [6, 6.07) is 3.75. The van der Waals surface area contributed by atoms with Crippen molar-refractivity contribution in [3.63, 3.8) is 0 Å². The number of aromatic hydroxyl groups is 1. The fraction of sp³-hybridized carbons (Fsp3) is 0.269. The lowest BCUT2D eigenvalue weighted by molar-refractivity contribution is -0.698. The Bertz CT molecular complexity index is 1710. The van der Waals surface area contributed by atoms with Crippen LogP contribution in [0.15, 0.2) is 68.3 Å². The number of hydrogen-bond donors (Lipinski definition) is 5. The van der Waals surface area contributed by atoms with E-state index in [0.29, 0.717) is 23.6 Å². The number of H-pyrrole nitrogens is 1. The number of carboxylic acids is 1. The molecule has 1 saturated heterocycles. The highest BCUT2D eigenvalue weighted by atomic mass is 32.2. The zero-order valence-electron chi connectivity index (χ0n) is 22.7. The van der Waals surface area contributed by atoms with Crippen LogP contribution < -0.4 is 26.2 Å². The number of aromatic amines is 1. The number of thioether (sulfide) groups is 2. The molecule has 0 spiro atoms. The van der Waals surface area contributed by atoms with Gasteiger partial charge in [-0.25, -0.2) is 9.55 Å². The summed E-state index contributed by atoms with van der Waals surface area (Å²) in [5, 5.41) is 38.0. The lowest BCUT2D eigenvalue weighted by Gasteiger charge is -2.50. The average molecular weight is 660 g/mol. The number of nitrogens with zero attached hydrogens (tertiary/aromatic N) is 4. The minimum absolute atomic E-state index is 0.00813. The largest absolute Gasteiger partial charge is 0.543 e. The van der Waals surface area contributed by atoms with Gasteiger partial charge in [0.1, 0.15) is 23.7 Å². The number of β-lactam (4-membered cyclic amide) rings is 1. The number of aliphatic hydroxyl groups excluding tert-OH is 1. The third-order valence-electron chi connectivity index (χ3n) is 6.47. The molecule has 2 aliphatic rings. The predicted octanol–water partition coefficient (Wildman–Crippen LogP) is -1.48. The maximum absolute atomic E-state index is 13.3. The molecule has 2 aliphatic heterocycles. The molecular formula is C26H25N7O8S3. The van der Waals surface area contributed by atoms with Gasteiger partial charge >= 0.3 is 0 Å². The highest BCUT2D eigenvalue weighted by Gasteiger charge is 2.53. The molecule has 0 saturated carbocycles. The monoisotopic (exact) mass is 659 g/mol. The van der Waals surface area contributed by atoms with Crippen molar-refractivity contribution in [1.82, 2.24) is 20.2 Å². The van der Waals surface area contributed by atoms with Crippen LogP contribution in [0, 0.1) is 0 Å². The SMILES string of the molecule is Nc1nc(/C(=N/OCc2cc(=O)c(O)c[nH]2)C(=O)N[C@@H]2C(=O)N3C(C(=O)[O-])=C(CSc4cc[n+](CCO)cc4)CS[C@H]23)cs1. The van der Waals surface area contributed by atoms with Crippen molar-refractivity contribution in [2.75, 3.05) is 23.8 Å². The molecule has 0 aliphatic carbocycles. The highest BCUT2D eigenvalue weighted by Crippen LogP contribution is 2.41. The number of nitrogens with one attached hydrogen (secondary N) is 2. The van der Waals surface area contributed by atoms with Gasteiger partial charge in [-0.2, -0.15) is 0 Å². The second-order valence-corrected chi connectivity index (χ2v) is 12.4. The fourth-order valence-corrected chi connectivity index (χ4v) is 7.24. The Balaban J connectivity index is 1.28. The standard InChI is InChI=1S/C26H25N7O8S3/c27-26-29-16(12-44-26)19(31-41-9-14-7-17(35)18(36)8-28-14)22(37)30-20-23(38)33-21(25(39)40)13(11-43-24(20)33)10-42-15-1-3-32(4-2-15)5-6-34/h1-4,7-8,12,20,24,34H,5-6,9-11H2,(H5-,27,28,29,30,31,35,36,37,39,40)/t20-,24-/m1/s1. The molecule has 1 fully saturated rings. The number of nitrogen functional groups attached to an aromatic ring is 1. The number of aliphatic carboxylic acids is 1. The van der Waals surface area contributed by atoms with Crippen LogP contribution in [-0.2, 0) is 32.4 Å². The van der Waals surface area contributed by atoms with E-state index < -0.39 is 40.4 Å². The summed E-state index contributed by atoms with van der Waals surface area (Å²) in [5.74, 6) is -2.79. The molecular weight excluding hydrogens is 635 g/mol. The van der Waals surface area contributed by atoms with E-state index in [1.807, 2.05) is 16.7 Å². The molecule has 3 aromatic rings. The first-order valence-corrected chi connectivity index (χ1v) is 15.8. The van der Waals surface area contributed by atoms with Crippen molar-refractivity contribution < 1.29 is 39.1 Å². The summed E-state index contributed by atoms with van der Waals surface area (Å²) in [7, 11) is 0. The molecule has 0 aromatic carbocycles. The smallest absolute Gasteiger partial charge is 0.276 e. The van der Waals surface area contributed by atoms with Gasteiger partial charge in [0.15, 0.2) is 42.1 Å². The fourth-order valence-electron chi connectivity index (χ4n) is 4.32. The van der Waals surface area contributed by atoms with Crippen LogP contribution in [0.25, 0.3) is 0 Å². The Morgan fingerprint density at radius 3 is 2.77 bits per heavy atom. The summed E-state index contributed by atoms with van der Waals surface area (Å²) in [6.07, 6.45) is 4.70. The van der Waals surface area contributed by atoms with Gasteiger partial charge in [0.05, 0.1) is 17.4 Å². The van der Waals surface area contributed by atoms with Gasteiger partial charge in [0, 0.05) is 46.2 Å². The van der Waals surface area contributed by atoms with Crippen LogP contribution in [0.1, 0.15) is 11.4 Å². The first kappa shape index (κ1) is 31.0. The van der Waals surface area contributed by atoms with Crippen molar-refractivity contribution >= 4 is 63.5 Å². The molecule has 2 atom stereocenters. The van der Waals surface area contributed by atoms with Crippen molar-refractivity contribution in [1.29, 1.82) is 0 Å². The number of anilines is 1. The van der Waals surface area contributed by atoms with E-state index in [4.69, 9.17) is 15.7 Å². The topological polar surface area (TPSA) is 227 Å². The molecule has 0 radical (unpaired) electrons. The molecule has 44 heavy (non-hydrogen) atoms. The zero-order chi connectivity index (χ0) is 31.4. The summed E-state index contributed by atoms with van der Waals surface area (Å²) in [5.41, 5.74) is 5.46. The predicted molar refractivity (Wildman–Crippen MR) is 158 cm³/mol. The Kier molecular flexibility index (Phi) is 9.52. The van der Waals surface area contributed by atoms with Gasteiger partial charge in [-0.15, -0.1) is 34.9 Å². The number of carbonyl (C=O) groups excluding carboxylic acids is 3. The summed E-state index contributed by atoms with van der Waals surface area (Å²) in [6.45, 7) is 0.207. The third-order valence-corrected chi connectivity index (χ3v) is 9.58. The van der Waals surface area contributed by atoms with E-state index in [2.05, 4.69) is 20.4 Å². The number of pyridine rings is 2. The number of aromatic nitrogens is 3. The molecule has 5 rings (SSSR count). The van der Waals surface area contributed by atoms with Crippen molar-refractivity contribution in [3.8, 4) is 5.75 Å². The van der Waals surface area contributed by atoms with Gasteiger partial charge in [-0.1, -0.05) is 5.16 Å². The quantitative estimate of drug-likeness (QED) is 0.0493. The number of hydrogen-bond acceptors (Lipinski definition) is 14. The molecule has 15 nitrogen and oxygen atoms in total. The van der Waals surface area contributed by atoms with Gasteiger partial charge in [-0.3, -0.25) is 19.3 Å². The summed E-state index contributed by atoms with van der Waals surface area (Å²) < 4.78 is 1.81. The summed E-state index contributed by atoms with van der Waals surface area (Å²) >= 11 is 3.76. The minimum atomic E-state index is -1.49. The second-order valence-electron chi connectivity index (χ2n) is 9.38. The average Bonchev–Trinajstić information content (AvgIpc) is 3.44. The maximum atomic E-state index is 13.3. The Labute approximate surface area is 261 Å². The number of amides is 2. The van der Waals surface area contributed by atoms with Gasteiger partial charge < -0.3 is 41.0 Å². The first-order valence-electron chi connectivity index (χ1n) is 12.9. The maximum Gasteiger partial charge on any atom is 0.276 e. The number of oxime groups is 1. The van der Waals surface area contributed by atoms with Crippen LogP contribution in [0.2, 0.25) is 0 Å². The zero-order valence-corrected chi connectivity index (χ0v) is 25.1.